The smallest absolute Gasteiger partial charge is 0.0277 e. The molecule has 4 unspecified atom stereocenters. The first-order valence-corrected chi connectivity index (χ1v) is 6.78. The Morgan fingerprint density at radius 1 is 1.29 bits per heavy atom. The molecule has 2 aliphatic carbocycles. The van der Waals surface area contributed by atoms with Crippen LogP contribution in [0.15, 0.2) is 36.0 Å². The van der Waals surface area contributed by atoms with Gasteiger partial charge >= 0.3 is 0 Å². The second kappa shape index (κ2) is 5.41. The topological polar surface area (TPSA) is 0 Å². The molecular weight excluding hydrogens is 204 g/mol. The minimum absolute atomic E-state index is 0.553. The quantitative estimate of drug-likeness (QED) is 0.583. The highest BCUT2D eigenvalue weighted by molar-refractivity contribution is 5.31. The van der Waals surface area contributed by atoms with Gasteiger partial charge < -0.3 is 0 Å². The van der Waals surface area contributed by atoms with Crippen molar-refractivity contribution in [1.29, 1.82) is 0 Å². The minimum atomic E-state index is 0.553. The summed E-state index contributed by atoms with van der Waals surface area (Å²) in [5.41, 5.74) is 1.27. The zero-order chi connectivity index (χ0) is 12.3. The molecule has 17 heavy (non-hydrogen) atoms. The summed E-state index contributed by atoms with van der Waals surface area (Å²) in [6.07, 6.45) is 13.5. The van der Waals surface area contributed by atoms with Crippen molar-refractivity contribution >= 4 is 0 Å². The highest BCUT2D eigenvalue weighted by Crippen LogP contribution is 2.44. The number of allylic oxidation sites excluding steroid dienone is 6. The molecule has 0 aliphatic heterocycles. The third-order valence-electron chi connectivity index (χ3n) is 4.12. The van der Waals surface area contributed by atoms with Gasteiger partial charge in [-0.15, -0.1) is 0 Å². The van der Waals surface area contributed by atoms with Gasteiger partial charge in [0, 0.05) is 5.92 Å². The summed E-state index contributed by atoms with van der Waals surface area (Å²) in [6, 6.07) is 0. The Morgan fingerprint density at radius 3 is 2.65 bits per heavy atom. The van der Waals surface area contributed by atoms with E-state index < -0.39 is 0 Å². The van der Waals surface area contributed by atoms with Crippen molar-refractivity contribution in [3.05, 3.63) is 36.0 Å². The van der Waals surface area contributed by atoms with E-state index >= 15 is 0 Å². The van der Waals surface area contributed by atoms with E-state index in [0.29, 0.717) is 11.8 Å². The second-order valence-corrected chi connectivity index (χ2v) is 5.18. The van der Waals surface area contributed by atoms with Crippen molar-refractivity contribution in [3.63, 3.8) is 0 Å². The molecule has 0 heterocycles. The van der Waals surface area contributed by atoms with Gasteiger partial charge in [-0.25, -0.2) is 0 Å². The van der Waals surface area contributed by atoms with E-state index in [0.717, 1.165) is 18.3 Å². The third-order valence-corrected chi connectivity index (χ3v) is 4.12. The van der Waals surface area contributed by atoms with Gasteiger partial charge in [0.05, 0.1) is 0 Å². The summed E-state index contributed by atoms with van der Waals surface area (Å²) in [7, 11) is 0. The number of hydrogen-bond donors (Lipinski definition) is 0. The molecule has 0 spiro atoms. The fraction of sp³-hybridized carbons (Fsp3) is 0.529. The molecular formula is C17H22. The highest BCUT2D eigenvalue weighted by atomic mass is 14.4. The zero-order valence-corrected chi connectivity index (χ0v) is 11.1. The van der Waals surface area contributed by atoms with Crippen LogP contribution in [0.3, 0.4) is 0 Å². The van der Waals surface area contributed by atoms with Crippen molar-refractivity contribution in [3.8, 4) is 11.8 Å². The molecule has 2 rings (SSSR count). The highest BCUT2D eigenvalue weighted by Gasteiger charge is 2.37. The fourth-order valence-electron chi connectivity index (χ4n) is 3.03. The SMILES string of the molecule is CC=C(C#CC1CC(C)C2C=CC=CC12)CC. The maximum absolute atomic E-state index is 3.51. The van der Waals surface area contributed by atoms with E-state index in [9.17, 15) is 0 Å². The van der Waals surface area contributed by atoms with Crippen LogP contribution in [0, 0.1) is 35.5 Å². The van der Waals surface area contributed by atoms with Gasteiger partial charge in [0.2, 0.25) is 0 Å². The van der Waals surface area contributed by atoms with E-state index in [1.165, 1.54) is 12.0 Å². The molecule has 90 valence electrons. The zero-order valence-electron chi connectivity index (χ0n) is 11.1. The Balaban J connectivity index is 2.13. The lowest BCUT2D eigenvalue weighted by Gasteiger charge is -2.20. The summed E-state index contributed by atoms with van der Waals surface area (Å²) >= 11 is 0. The standard InChI is InChI=1S/C17H22/c1-4-14(5-2)10-11-15-12-13(3)16-8-6-7-9-17(15)16/h4,6-9,13,15-17H,5,12H2,1-3H3. The normalized spacial score (nSPS) is 35.4. The molecule has 0 heteroatoms. The van der Waals surface area contributed by atoms with Crippen LogP contribution in [0.25, 0.3) is 0 Å². The number of hydrogen-bond acceptors (Lipinski definition) is 0. The monoisotopic (exact) mass is 226 g/mol. The lowest BCUT2D eigenvalue weighted by atomic mass is 9.84. The van der Waals surface area contributed by atoms with Crippen molar-refractivity contribution in [2.45, 2.75) is 33.6 Å². The van der Waals surface area contributed by atoms with E-state index in [1.54, 1.807) is 0 Å². The van der Waals surface area contributed by atoms with E-state index in [1.807, 2.05) is 0 Å². The Hall–Kier alpha value is -1.22. The molecule has 0 nitrogen and oxygen atoms in total. The molecule has 1 saturated carbocycles. The van der Waals surface area contributed by atoms with Gasteiger partial charge in [-0.3, -0.25) is 0 Å². The molecule has 2 aliphatic rings. The van der Waals surface area contributed by atoms with Crippen LogP contribution in [0.2, 0.25) is 0 Å². The van der Waals surface area contributed by atoms with Crippen molar-refractivity contribution in [2.75, 3.05) is 0 Å². The summed E-state index contributed by atoms with van der Waals surface area (Å²) < 4.78 is 0. The third kappa shape index (κ3) is 2.55. The summed E-state index contributed by atoms with van der Waals surface area (Å²) in [4.78, 5) is 0. The first-order chi connectivity index (χ1) is 8.26. The average molecular weight is 226 g/mol. The molecule has 0 aromatic carbocycles. The maximum atomic E-state index is 3.51. The lowest BCUT2D eigenvalue weighted by molar-refractivity contribution is 0.442. The van der Waals surface area contributed by atoms with Crippen LogP contribution in [0.4, 0.5) is 0 Å². The Bertz CT molecular complexity index is 411. The van der Waals surface area contributed by atoms with Gasteiger partial charge in [-0.1, -0.05) is 56.1 Å². The van der Waals surface area contributed by atoms with Gasteiger partial charge in [0.25, 0.3) is 0 Å². The first-order valence-electron chi connectivity index (χ1n) is 6.78. The van der Waals surface area contributed by atoms with E-state index in [2.05, 4.69) is 63.0 Å². The molecule has 4 atom stereocenters. The van der Waals surface area contributed by atoms with Crippen molar-refractivity contribution < 1.29 is 0 Å². The molecule has 0 N–H and O–H groups in total. The summed E-state index contributed by atoms with van der Waals surface area (Å²) in [6.45, 7) is 6.61. The predicted molar refractivity (Wildman–Crippen MR) is 74.4 cm³/mol. The van der Waals surface area contributed by atoms with Crippen molar-refractivity contribution in [1.82, 2.24) is 0 Å². The number of rotatable bonds is 1. The van der Waals surface area contributed by atoms with Crippen LogP contribution in [-0.4, -0.2) is 0 Å². The maximum Gasteiger partial charge on any atom is 0.0277 e. The lowest BCUT2D eigenvalue weighted by Crippen LogP contribution is -2.13. The van der Waals surface area contributed by atoms with Crippen LogP contribution in [-0.2, 0) is 0 Å². The Labute approximate surface area is 105 Å². The Morgan fingerprint density at radius 2 is 2.00 bits per heavy atom. The van der Waals surface area contributed by atoms with Gasteiger partial charge in [-0.05, 0) is 43.1 Å². The fourth-order valence-corrected chi connectivity index (χ4v) is 3.03. The molecule has 0 radical (unpaired) electrons. The first kappa shape index (κ1) is 12.2. The molecule has 0 amide bonds. The molecule has 0 saturated heterocycles. The largest absolute Gasteiger partial charge is 0.0942 e. The Kier molecular flexibility index (Phi) is 3.89. The van der Waals surface area contributed by atoms with Gasteiger partial charge in [0.1, 0.15) is 0 Å². The number of fused-ring (bicyclic) bond motifs is 1. The van der Waals surface area contributed by atoms with Crippen LogP contribution in [0.5, 0.6) is 0 Å². The molecule has 1 fully saturated rings. The predicted octanol–water partition coefficient (Wildman–Crippen LogP) is 4.36. The summed E-state index contributed by atoms with van der Waals surface area (Å²) in [5.74, 6) is 9.57. The van der Waals surface area contributed by atoms with Crippen LogP contribution in [0.1, 0.15) is 33.6 Å². The van der Waals surface area contributed by atoms with Crippen LogP contribution >= 0.6 is 0 Å². The van der Waals surface area contributed by atoms with Gasteiger partial charge in [-0.2, -0.15) is 0 Å². The van der Waals surface area contributed by atoms with Crippen molar-refractivity contribution in [2.24, 2.45) is 23.7 Å². The second-order valence-electron chi connectivity index (χ2n) is 5.18. The van der Waals surface area contributed by atoms with E-state index in [4.69, 9.17) is 0 Å². The van der Waals surface area contributed by atoms with E-state index in [-0.39, 0.29) is 0 Å². The molecule has 0 aromatic rings. The van der Waals surface area contributed by atoms with Gasteiger partial charge in [0.15, 0.2) is 0 Å². The minimum Gasteiger partial charge on any atom is -0.0942 e. The van der Waals surface area contributed by atoms with Crippen LogP contribution < -0.4 is 0 Å². The summed E-state index contributed by atoms with van der Waals surface area (Å²) in [5, 5.41) is 0. The molecule has 0 bridgehead atoms. The average Bonchev–Trinajstić information content (AvgIpc) is 2.69. The molecule has 0 aromatic heterocycles.